The lowest BCUT2D eigenvalue weighted by atomic mass is 10.00. The van der Waals surface area contributed by atoms with Crippen molar-refractivity contribution in [3.8, 4) is 0 Å². The van der Waals surface area contributed by atoms with Crippen molar-refractivity contribution in [3.05, 3.63) is 74.8 Å². The summed E-state index contributed by atoms with van der Waals surface area (Å²) >= 11 is 5.95. The molecule has 2 aromatic carbocycles. The zero-order valence-electron chi connectivity index (χ0n) is 13.0. The van der Waals surface area contributed by atoms with Crippen LogP contribution in [0.2, 0.25) is 5.02 Å². The standard InChI is InChI=1S/C18H16ClN3O.ClH/c19-14-5-6-16-15(9-14)18(23)21-17(20-16)11-22-8-7-12-3-1-2-4-13(12)10-22;/h1-6,9H,7-8,10-11H2,(H,20,21,23);1H. The summed E-state index contributed by atoms with van der Waals surface area (Å²) in [6.07, 6.45) is 1.03. The van der Waals surface area contributed by atoms with E-state index in [4.69, 9.17) is 11.6 Å². The van der Waals surface area contributed by atoms with Gasteiger partial charge in [0, 0.05) is 18.1 Å². The van der Waals surface area contributed by atoms with Crippen LogP contribution in [-0.4, -0.2) is 21.4 Å². The molecule has 1 aliphatic heterocycles. The van der Waals surface area contributed by atoms with Gasteiger partial charge < -0.3 is 4.98 Å². The van der Waals surface area contributed by atoms with Crippen molar-refractivity contribution in [2.75, 3.05) is 6.54 Å². The van der Waals surface area contributed by atoms with Gasteiger partial charge in [0.25, 0.3) is 5.56 Å². The smallest absolute Gasteiger partial charge is 0.258 e. The highest BCUT2D eigenvalue weighted by atomic mass is 35.5. The fourth-order valence-corrected chi connectivity index (χ4v) is 3.31. The third-order valence-corrected chi connectivity index (χ3v) is 4.53. The maximum atomic E-state index is 12.2. The van der Waals surface area contributed by atoms with Crippen molar-refractivity contribution in [2.45, 2.75) is 19.5 Å². The van der Waals surface area contributed by atoms with E-state index in [0.29, 0.717) is 28.3 Å². The van der Waals surface area contributed by atoms with E-state index in [-0.39, 0.29) is 18.0 Å². The van der Waals surface area contributed by atoms with E-state index in [1.807, 2.05) is 0 Å². The third kappa shape index (κ3) is 3.31. The summed E-state index contributed by atoms with van der Waals surface area (Å²) in [6, 6.07) is 13.7. The summed E-state index contributed by atoms with van der Waals surface area (Å²) in [4.78, 5) is 22.0. The van der Waals surface area contributed by atoms with Crippen molar-refractivity contribution in [1.82, 2.24) is 14.9 Å². The normalized spacial score (nSPS) is 14.2. The maximum Gasteiger partial charge on any atom is 0.258 e. The molecule has 0 fully saturated rings. The number of hydrogen-bond donors (Lipinski definition) is 1. The molecule has 1 aromatic heterocycles. The number of hydrogen-bond acceptors (Lipinski definition) is 3. The number of nitrogens with zero attached hydrogens (tertiary/aromatic N) is 2. The van der Waals surface area contributed by atoms with Crippen LogP contribution in [0.15, 0.2) is 47.3 Å². The average molecular weight is 362 g/mol. The quantitative estimate of drug-likeness (QED) is 0.759. The van der Waals surface area contributed by atoms with Crippen molar-refractivity contribution in [3.63, 3.8) is 0 Å². The fraction of sp³-hybridized carbons (Fsp3) is 0.222. The summed E-state index contributed by atoms with van der Waals surface area (Å²) in [5.74, 6) is 0.698. The number of halogens is 2. The first-order valence-corrected chi connectivity index (χ1v) is 8.04. The van der Waals surface area contributed by atoms with E-state index in [1.54, 1.807) is 18.2 Å². The number of aromatic amines is 1. The topological polar surface area (TPSA) is 49.0 Å². The van der Waals surface area contributed by atoms with E-state index in [9.17, 15) is 4.79 Å². The minimum atomic E-state index is -0.134. The Hall–Kier alpha value is -1.88. The van der Waals surface area contributed by atoms with Crippen molar-refractivity contribution in [2.24, 2.45) is 0 Å². The third-order valence-electron chi connectivity index (χ3n) is 4.30. The first-order chi connectivity index (χ1) is 11.2. The van der Waals surface area contributed by atoms with Gasteiger partial charge in [0.2, 0.25) is 0 Å². The van der Waals surface area contributed by atoms with E-state index in [2.05, 4.69) is 39.1 Å². The van der Waals surface area contributed by atoms with Crippen molar-refractivity contribution < 1.29 is 0 Å². The largest absolute Gasteiger partial charge is 0.309 e. The lowest BCUT2D eigenvalue weighted by Crippen LogP contribution is -2.31. The summed E-state index contributed by atoms with van der Waals surface area (Å²) in [7, 11) is 0. The molecule has 0 saturated heterocycles. The minimum absolute atomic E-state index is 0. The lowest BCUT2D eigenvalue weighted by molar-refractivity contribution is 0.239. The van der Waals surface area contributed by atoms with Crippen LogP contribution in [-0.2, 0) is 19.5 Å². The maximum absolute atomic E-state index is 12.2. The molecule has 0 spiro atoms. The Morgan fingerprint density at radius 1 is 1.17 bits per heavy atom. The Balaban J connectivity index is 0.00000169. The van der Waals surface area contributed by atoms with Gasteiger partial charge in [0.05, 0.1) is 17.4 Å². The van der Waals surface area contributed by atoms with Gasteiger partial charge in [-0.3, -0.25) is 9.69 Å². The minimum Gasteiger partial charge on any atom is -0.309 e. The Labute approximate surface area is 150 Å². The Morgan fingerprint density at radius 2 is 1.96 bits per heavy atom. The highest BCUT2D eigenvalue weighted by Gasteiger charge is 2.17. The van der Waals surface area contributed by atoms with Crippen molar-refractivity contribution in [1.29, 1.82) is 0 Å². The molecule has 0 saturated carbocycles. The molecule has 0 unspecified atom stereocenters. The van der Waals surface area contributed by atoms with Crippen LogP contribution in [0.4, 0.5) is 0 Å². The van der Waals surface area contributed by atoms with Crippen LogP contribution in [0.1, 0.15) is 17.0 Å². The molecule has 0 radical (unpaired) electrons. The Morgan fingerprint density at radius 3 is 2.79 bits per heavy atom. The van der Waals surface area contributed by atoms with Gasteiger partial charge in [-0.25, -0.2) is 4.98 Å². The van der Waals surface area contributed by atoms with Gasteiger partial charge >= 0.3 is 0 Å². The van der Waals surface area contributed by atoms with E-state index in [0.717, 1.165) is 19.5 Å². The molecule has 6 heteroatoms. The molecule has 4 rings (SSSR count). The van der Waals surface area contributed by atoms with Gasteiger partial charge in [-0.1, -0.05) is 35.9 Å². The SMILES string of the molecule is Cl.O=c1[nH]c(CN2CCc3ccccc3C2)nc2ccc(Cl)cc12. The van der Waals surface area contributed by atoms with Gasteiger partial charge in [-0.05, 0) is 35.7 Å². The predicted molar refractivity (Wildman–Crippen MR) is 98.9 cm³/mol. The molecule has 3 aromatic rings. The molecule has 0 aliphatic carbocycles. The number of H-pyrrole nitrogens is 1. The number of benzene rings is 2. The number of aromatic nitrogens is 2. The molecule has 24 heavy (non-hydrogen) atoms. The van der Waals surface area contributed by atoms with Crippen LogP contribution in [0.5, 0.6) is 0 Å². The highest BCUT2D eigenvalue weighted by molar-refractivity contribution is 6.31. The second kappa shape index (κ2) is 6.93. The molecular weight excluding hydrogens is 345 g/mol. The van der Waals surface area contributed by atoms with Crippen molar-refractivity contribution >= 4 is 34.9 Å². The molecule has 4 nitrogen and oxygen atoms in total. The lowest BCUT2D eigenvalue weighted by Gasteiger charge is -2.28. The summed E-state index contributed by atoms with van der Waals surface area (Å²) in [5, 5.41) is 1.08. The molecular formula is C18H17Cl2N3O. The van der Waals surface area contributed by atoms with Crippen LogP contribution in [0, 0.1) is 0 Å². The zero-order valence-corrected chi connectivity index (χ0v) is 14.5. The van der Waals surface area contributed by atoms with Crippen LogP contribution in [0.25, 0.3) is 10.9 Å². The average Bonchev–Trinajstić information content (AvgIpc) is 2.55. The van der Waals surface area contributed by atoms with Gasteiger partial charge in [-0.15, -0.1) is 12.4 Å². The van der Waals surface area contributed by atoms with Gasteiger partial charge in [0.1, 0.15) is 5.82 Å². The summed E-state index contributed by atoms with van der Waals surface area (Å²) in [5.41, 5.74) is 3.32. The second-order valence-corrected chi connectivity index (χ2v) is 6.34. The molecule has 0 amide bonds. The monoisotopic (exact) mass is 361 g/mol. The van der Waals surface area contributed by atoms with E-state index < -0.39 is 0 Å². The Bertz CT molecular complexity index is 939. The molecule has 0 bridgehead atoms. The first kappa shape index (κ1) is 17.0. The van der Waals surface area contributed by atoms with E-state index in [1.165, 1.54) is 11.1 Å². The van der Waals surface area contributed by atoms with E-state index >= 15 is 0 Å². The summed E-state index contributed by atoms with van der Waals surface area (Å²) in [6.45, 7) is 2.50. The first-order valence-electron chi connectivity index (χ1n) is 7.67. The molecule has 1 N–H and O–H groups in total. The fourth-order valence-electron chi connectivity index (χ4n) is 3.14. The zero-order chi connectivity index (χ0) is 15.8. The van der Waals surface area contributed by atoms with Crippen LogP contribution < -0.4 is 5.56 Å². The molecule has 1 aliphatic rings. The number of nitrogens with one attached hydrogen (secondary N) is 1. The number of fused-ring (bicyclic) bond motifs is 2. The predicted octanol–water partition coefficient (Wildman–Crippen LogP) is 3.56. The number of rotatable bonds is 2. The molecule has 2 heterocycles. The summed E-state index contributed by atoms with van der Waals surface area (Å²) < 4.78 is 0. The van der Waals surface area contributed by atoms with Crippen LogP contribution >= 0.6 is 24.0 Å². The Kier molecular flexibility index (Phi) is 4.90. The molecule has 0 atom stereocenters. The highest BCUT2D eigenvalue weighted by Crippen LogP contribution is 2.20. The van der Waals surface area contributed by atoms with Crippen LogP contribution in [0.3, 0.4) is 0 Å². The second-order valence-electron chi connectivity index (χ2n) is 5.90. The molecule has 124 valence electrons. The van der Waals surface area contributed by atoms with Gasteiger partial charge in [-0.2, -0.15) is 0 Å². The van der Waals surface area contributed by atoms with Gasteiger partial charge in [0.15, 0.2) is 0 Å².